The molecule has 1 aliphatic rings. The zero-order chi connectivity index (χ0) is 13.9. The third-order valence-corrected chi connectivity index (χ3v) is 3.25. The first-order valence-electron chi connectivity index (χ1n) is 6.25. The Morgan fingerprint density at radius 1 is 1.58 bits per heavy atom. The molecule has 1 aromatic heterocycles. The number of aliphatic carboxylic acids is 1. The van der Waals surface area contributed by atoms with Crippen LogP contribution in [0.1, 0.15) is 25.6 Å². The van der Waals surface area contributed by atoms with E-state index in [4.69, 9.17) is 4.74 Å². The molecule has 0 spiro atoms. The standard InChI is InChI=1S/C12H17N3O4/c1-2-8-13-9(7-10(16)14-8)15-12(11(17)18)3-5-19-6-4-12/h7H,2-6H2,1H3,(H,17,18)(H2,13,14,15,16). The van der Waals surface area contributed by atoms with Gasteiger partial charge in [0, 0.05) is 38.5 Å². The van der Waals surface area contributed by atoms with Crippen LogP contribution in [0.2, 0.25) is 0 Å². The number of nitrogens with zero attached hydrogens (tertiary/aromatic N) is 1. The van der Waals surface area contributed by atoms with Gasteiger partial charge in [0.15, 0.2) is 0 Å². The zero-order valence-electron chi connectivity index (χ0n) is 10.7. The summed E-state index contributed by atoms with van der Waals surface area (Å²) in [6.07, 6.45) is 1.27. The van der Waals surface area contributed by atoms with Gasteiger partial charge in [0.2, 0.25) is 0 Å². The van der Waals surface area contributed by atoms with E-state index < -0.39 is 11.5 Å². The molecule has 2 heterocycles. The summed E-state index contributed by atoms with van der Waals surface area (Å²) in [5.74, 6) is -0.122. The van der Waals surface area contributed by atoms with Crippen LogP contribution in [0.5, 0.6) is 0 Å². The molecule has 7 heteroatoms. The second-order valence-electron chi connectivity index (χ2n) is 4.56. The van der Waals surface area contributed by atoms with Crippen molar-refractivity contribution in [1.29, 1.82) is 0 Å². The van der Waals surface area contributed by atoms with Gasteiger partial charge in [0.25, 0.3) is 5.56 Å². The monoisotopic (exact) mass is 267 g/mol. The number of aryl methyl sites for hydroxylation is 1. The van der Waals surface area contributed by atoms with Gasteiger partial charge in [-0.25, -0.2) is 9.78 Å². The number of carboxylic acids is 1. The highest BCUT2D eigenvalue weighted by Crippen LogP contribution is 2.25. The second kappa shape index (κ2) is 5.40. The van der Waals surface area contributed by atoms with Gasteiger partial charge in [-0.15, -0.1) is 0 Å². The van der Waals surface area contributed by atoms with Gasteiger partial charge in [-0.3, -0.25) is 4.79 Å². The third kappa shape index (κ3) is 2.93. The molecule has 104 valence electrons. The Bertz CT molecular complexity index is 520. The minimum atomic E-state index is -1.11. The molecule has 0 saturated carbocycles. The van der Waals surface area contributed by atoms with Crippen molar-refractivity contribution in [3.05, 3.63) is 22.2 Å². The quantitative estimate of drug-likeness (QED) is 0.728. The summed E-state index contributed by atoms with van der Waals surface area (Å²) < 4.78 is 5.19. The van der Waals surface area contributed by atoms with E-state index in [9.17, 15) is 14.7 Å². The Balaban J connectivity index is 2.29. The minimum absolute atomic E-state index is 0.290. The fourth-order valence-corrected chi connectivity index (χ4v) is 2.10. The Morgan fingerprint density at radius 2 is 2.26 bits per heavy atom. The number of anilines is 1. The average molecular weight is 267 g/mol. The Morgan fingerprint density at radius 3 is 2.84 bits per heavy atom. The summed E-state index contributed by atoms with van der Waals surface area (Å²) in [5, 5.41) is 12.3. The van der Waals surface area contributed by atoms with Crippen LogP contribution < -0.4 is 10.9 Å². The summed E-state index contributed by atoms with van der Waals surface area (Å²) in [6, 6.07) is 1.28. The van der Waals surface area contributed by atoms with Gasteiger partial charge in [-0.1, -0.05) is 6.92 Å². The highest BCUT2D eigenvalue weighted by molar-refractivity contribution is 5.82. The van der Waals surface area contributed by atoms with Crippen molar-refractivity contribution in [3.8, 4) is 0 Å². The van der Waals surface area contributed by atoms with E-state index in [0.717, 1.165) is 0 Å². The van der Waals surface area contributed by atoms with Crippen LogP contribution >= 0.6 is 0 Å². The fourth-order valence-electron chi connectivity index (χ4n) is 2.10. The maximum absolute atomic E-state index is 11.5. The molecule has 0 amide bonds. The van der Waals surface area contributed by atoms with Crippen LogP contribution in [0.4, 0.5) is 5.82 Å². The first-order chi connectivity index (χ1) is 9.05. The van der Waals surface area contributed by atoms with E-state index in [1.165, 1.54) is 6.07 Å². The molecule has 0 aliphatic carbocycles. The van der Waals surface area contributed by atoms with Crippen molar-refractivity contribution in [3.63, 3.8) is 0 Å². The lowest BCUT2D eigenvalue weighted by Gasteiger charge is -2.34. The van der Waals surface area contributed by atoms with Crippen molar-refractivity contribution < 1.29 is 14.6 Å². The Kier molecular flexibility index (Phi) is 3.84. The highest BCUT2D eigenvalue weighted by atomic mass is 16.5. The smallest absolute Gasteiger partial charge is 0.329 e. The average Bonchev–Trinajstić information content (AvgIpc) is 2.38. The maximum Gasteiger partial charge on any atom is 0.329 e. The number of ether oxygens (including phenoxy) is 1. The SMILES string of the molecule is CCc1nc(NC2(C(=O)O)CCOCC2)cc(=O)[nH]1. The van der Waals surface area contributed by atoms with Gasteiger partial charge in [-0.2, -0.15) is 0 Å². The van der Waals surface area contributed by atoms with Gasteiger partial charge >= 0.3 is 5.97 Å². The van der Waals surface area contributed by atoms with E-state index in [1.807, 2.05) is 6.92 Å². The number of aromatic nitrogens is 2. The van der Waals surface area contributed by atoms with Crippen molar-refractivity contribution >= 4 is 11.8 Å². The molecular formula is C12H17N3O4. The lowest BCUT2D eigenvalue weighted by Crippen LogP contribution is -2.50. The molecule has 0 bridgehead atoms. The van der Waals surface area contributed by atoms with E-state index in [0.29, 0.717) is 44.1 Å². The molecule has 19 heavy (non-hydrogen) atoms. The molecule has 0 radical (unpaired) electrons. The van der Waals surface area contributed by atoms with Crippen LogP contribution in [0.25, 0.3) is 0 Å². The Hall–Kier alpha value is -1.89. The maximum atomic E-state index is 11.5. The van der Waals surface area contributed by atoms with E-state index in [2.05, 4.69) is 15.3 Å². The van der Waals surface area contributed by atoms with Gasteiger partial charge in [-0.05, 0) is 0 Å². The molecule has 2 rings (SSSR count). The largest absolute Gasteiger partial charge is 0.480 e. The fraction of sp³-hybridized carbons (Fsp3) is 0.583. The van der Waals surface area contributed by atoms with Gasteiger partial charge in [0.05, 0.1) is 0 Å². The predicted octanol–water partition coefficient (Wildman–Crippen LogP) is 0.378. The molecule has 1 aromatic rings. The molecule has 7 nitrogen and oxygen atoms in total. The summed E-state index contributed by atoms with van der Waals surface area (Å²) in [7, 11) is 0. The molecule has 0 unspecified atom stereocenters. The number of carbonyl (C=O) groups is 1. The number of rotatable bonds is 4. The van der Waals surface area contributed by atoms with Crippen LogP contribution in [0, 0.1) is 0 Å². The number of carboxylic acid groups (broad SMARTS) is 1. The van der Waals surface area contributed by atoms with E-state index in [1.54, 1.807) is 0 Å². The molecule has 1 saturated heterocycles. The summed E-state index contributed by atoms with van der Waals surface area (Å²) in [5.41, 5.74) is -1.40. The van der Waals surface area contributed by atoms with Crippen molar-refractivity contribution in [2.75, 3.05) is 18.5 Å². The van der Waals surface area contributed by atoms with Crippen LogP contribution in [0.3, 0.4) is 0 Å². The highest BCUT2D eigenvalue weighted by Gasteiger charge is 2.40. The molecule has 1 aliphatic heterocycles. The van der Waals surface area contributed by atoms with Crippen LogP contribution in [-0.2, 0) is 16.0 Å². The predicted molar refractivity (Wildman–Crippen MR) is 68.3 cm³/mol. The lowest BCUT2D eigenvalue weighted by atomic mass is 9.90. The summed E-state index contributed by atoms with van der Waals surface area (Å²) in [6.45, 7) is 2.62. The first kappa shape index (κ1) is 13.5. The zero-order valence-corrected chi connectivity index (χ0v) is 10.7. The van der Waals surface area contributed by atoms with Crippen molar-refractivity contribution in [1.82, 2.24) is 9.97 Å². The summed E-state index contributed by atoms with van der Waals surface area (Å²) >= 11 is 0. The molecule has 0 atom stereocenters. The normalized spacial score (nSPS) is 17.9. The van der Waals surface area contributed by atoms with Crippen molar-refractivity contribution in [2.45, 2.75) is 31.7 Å². The molecule has 1 fully saturated rings. The number of aromatic amines is 1. The number of H-pyrrole nitrogens is 1. The van der Waals surface area contributed by atoms with Crippen molar-refractivity contribution in [2.24, 2.45) is 0 Å². The van der Waals surface area contributed by atoms with E-state index in [-0.39, 0.29) is 5.56 Å². The van der Waals surface area contributed by atoms with E-state index >= 15 is 0 Å². The second-order valence-corrected chi connectivity index (χ2v) is 4.56. The molecule has 0 aromatic carbocycles. The number of nitrogens with one attached hydrogen (secondary N) is 2. The van der Waals surface area contributed by atoms with Crippen LogP contribution in [-0.4, -0.2) is 39.8 Å². The summed E-state index contributed by atoms with van der Waals surface area (Å²) in [4.78, 5) is 29.8. The van der Waals surface area contributed by atoms with Crippen LogP contribution in [0.15, 0.2) is 10.9 Å². The number of hydrogen-bond acceptors (Lipinski definition) is 5. The Labute approximate surface area is 110 Å². The number of hydrogen-bond donors (Lipinski definition) is 3. The molecular weight excluding hydrogens is 250 g/mol. The minimum Gasteiger partial charge on any atom is -0.480 e. The lowest BCUT2D eigenvalue weighted by molar-refractivity contribution is -0.145. The van der Waals surface area contributed by atoms with Gasteiger partial charge in [0.1, 0.15) is 17.2 Å². The third-order valence-electron chi connectivity index (χ3n) is 3.25. The first-order valence-corrected chi connectivity index (χ1v) is 6.25. The topological polar surface area (TPSA) is 104 Å². The van der Waals surface area contributed by atoms with Gasteiger partial charge < -0.3 is 20.1 Å². The molecule has 3 N–H and O–H groups in total.